The van der Waals surface area contributed by atoms with Crippen molar-refractivity contribution in [3.63, 3.8) is 0 Å². The molecule has 1 amide bonds. The quantitative estimate of drug-likeness (QED) is 0.324. The van der Waals surface area contributed by atoms with Gasteiger partial charge in [0.15, 0.2) is 23.5 Å². The summed E-state index contributed by atoms with van der Waals surface area (Å²) in [4.78, 5) is 34.7. The topological polar surface area (TPSA) is 122 Å². The van der Waals surface area contributed by atoms with Gasteiger partial charge in [0.2, 0.25) is 0 Å². The molecule has 0 saturated carbocycles. The summed E-state index contributed by atoms with van der Waals surface area (Å²) >= 11 is 0. The molecule has 2 aromatic rings. The van der Waals surface area contributed by atoms with Gasteiger partial charge in [0, 0.05) is 23.9 Å². The summed E-state index contributed by atoms with van der Waals surface area (Å²) in [5, 5.41) is 20.8. The number of halogens is 1. The average molecular weight is 459 g/mol. The fraction of sp³-hybridized carbons (Fsp3) is 0.292. The summed E-state index contributed by atoms with van der Waals surface area (Å²) in [6.45, 7) is 3.44. The summed E-state index contributed by atoms with van der Waals surface area (Å²) in [6.07, 6.45) is 0.431. The lowest BCUT2D eigenvalue weighted by molar-refractivity contribution is -0.131. The zero-order valence-corrected chi connectivity index (χ0v) is 18.3. The number of hydrogen-bond acceptors (Lipinski definition) is 6. The molecule has 0 aromatic heterocycles. The first-order valence-electron chi connectivity index (χ1n) is 10.3. The second-order valence-electron chi connectivity index (χ2n) is 7.11. The van der Waals surface area contributed by atoms with Crippen LogP contribution < -0.4 is 5.32 Å². The van der Waals surface area contributed by atoms with Crippen LogP contribution in [0.15, 0.2) is 54.6 Å². The van der Waals surface area contributed by atoms with Crippen LogP contribution in [0.4, 0.5) is 14.9 Å². The van der Waals surface area contributed by atoms with Crippen molar-refractivity contribution in [1.82, 2.24) is 0 Å². The number of benzene rings is 2. The molecule has 0 spiro atoms. The van der Waals surface area contributed by atoms with Gasteiger partial charge in [-0.25, -0.2) is 14.0 Å². The molecule has 0 saturated heterocycles. The average Bonchev–Trinajstić information content (AvgIpc) is 2.76. The highest BCUT2D eigenvalue weighted by Crippen LogP contribution is 2.30. The van der Waals surface area contributed by atoms with Crippen LogP contribution in [0.2, 0.25) is 0 Å². The van der Waals surface area contributed by atoms with E-state index < -0.39 is 35.8 Å². The highest BCUT2D eigenvalue weighted by Gasteiger charge is 2.28. The molecule has 0 heterocycles. The van der Waals surface area contributed by atoms with Crippen LogP contribution in [-0.2, 0) is 14.3 Å². The van der Waals surface area contributed by atoms with E-state index in [1.807, 2.05) is 0 Å². The maximum Gasteiger partial charge on any atom is 0.412 e. The Morgan fingerprint density at radius 1 is 1.15 bits per heavy atom. The van der Waals surface area contributed by atoms with Crippen molar-refractivity contribution in [3.8, 4) is 5.75 Å². The van der Waals surface area contributed by atoms with Gasteiger partial charge in [-0.1, -0.05) is 12.1 Å². The van der Waals surface area contributed by atoms with E-state index in [-0.39, 0.29) is 24.4 Å². The van der Waals surface area contributed by atoms with Gasteiger partial charge in [0.05, 0.1) is 6.10 Å². The van der Waals surface area contributed by atoms with Gasteiger partial charge in [-0.2, -0.15) is 0 Å². The molecule has 0 aliphatic carbocycles. The van der Waals surface area contributed by atoms with Crippen molar-refractivity contribution < 1.29 is 38.5 Å². The number of aromatic hydroxyl groups is 1. The maximum atomic E-state index is 14.0. The maximum absolute atomic E-state index is 14.0. The molecular weight excluding hydrogens is 433 g/mol. The Balaban J connectivity index is 2.24. The van der Waals surface area contributed by atoms with Gasteiger partial charge in [-0.05, 0) is 68.7 Å². The Morgan fingerprint density at radius 2 is 1.85 bits per heavy atom. The number of carboxylic acid groups (broad SMARTS) is 1. The Bertz CT molecular complexity index is 1000. The number of nitrogens with one attached hydrogen (secondary N) is 1. The van der Waals surface area contributed by atoms with Crippen molar-refractivity contribution in [2.75, 3.05) is 11.9 Å². The third kappa shape index (κ3) is 8.04. The molecule has 33 heavy (non-hydrogen) atoms. The van der Waals surface area contributed by atoms with E-state index in [9.17, 15) is 23.9 Å². The molecule has 0 fully saturated rings. The van der Waals surface area contributed by atoms with E-state index in [1.54, 1.807) is 31.2 Å². The van der Waals surface area contributed by atoms with Crippen molar-refractivity contribution in [2.24, 2.45) is 0 Å². The number of aliphatic carboxylic acids is 1. The number of allylic oxidation sites excluding steroid dienone is 1. The van der Waals surface area contributed by atoms with Crippen LogP contribution in [0.25, 0.3) is 0 Å². The number of ether oxygens (including phenoxy) is 2. The van der Waals surface area contributed by atoms with Crippen LogP contribution in [0.5, 0.6) is 5.75 Å². The number of carbonyl (C=O) groups is 3. The number of phenolic OH excluding ortho intramolecular Hbond substituents is 1. The van der Waals surface area contributed by atoms with Gasteiger partial charge < -0.3 is 19.7 Å². The molecule has 0 aliphatic rings. The fourth-order valence-corrected chi connectivity index (χ4v) is 3.09. The first-order chi connectivity index (χ1) is 15.7. The van der Waals surface area contributed by atoms with Gasteiger partial charge in [0.1, 0.15) is 0 Å². The SMILES string of the molecule is CCO[C@H](CC/C=C/C(=O)O)[C@H](OC(=O)Nc1ccc(C(C)=O)cc1)c1ccc(O)c(F)c1. The molecule has 0 unspecified atom stereocenters. The lowest BCUT2D eigenvalue weighted by Gasteiger charge is -2.27. The number of rotatable bonds is 11. The number of carbonyl (C=O) groups excluding carboxylic acids is 2. The fourth-order valence-electron chi connectivity index (χ4n) is 3.09. The van der Waals surface area contributed by atoms with Crippen LogP contribution >= 0.6 is 0 Å². The van der Waals surface area contributed by atoms with Crippen molar-refractivity contribution in [2.45, 2.75) is 38.9 Å². The number of phenols is 1. The van der Waals surface area contributed by atoms with E-state index >= 15 is 0 Å². The van der Waals surface area contributed by atoms with Crippen LogP contribution in [-0.4, -0.2) is 40.8 Å². The summed E-state index contributed by atoms with van der Waals surface area (Å²) in [5.74, 6) is -2.64. The molecule has 3 N–H and O–H groups in total. The monoisotopic (exact) mass is 459 g/mol. The van der Waals surface area contributed by atoms with Crippen LogP contribution in [0, 0.1) is 5.82 Å². The first kappa shape index (κ1) is 25.5. The lowest BCUT2D eigenvalue weighted by atomic mass is 9.99. The van der Waals surface area contributed by atoms with Crippen molar-refractivity contribution in [3.05, 3.63) is 71.6 Å². The Morgan fingerprint density at radius 3 is 2.42 bits per heavy atom. The van der Waals surface area contributed by atoms with Crippen molar-refractivity contribution in [1.29, 1.82) is 0 Å². The molecule has 8 nitrogen and oxygen atoms in total. The second kappa shape index (κ2) is 12.4. The molecule has 0 radical (unpaired) electrons. The summed E-state index contributed by atoms with van der Waals surface area (Å²) < 4.78 is 25.3. The predicted octanol–water partition coefficient (Wildman–Crippen LogP) is 4.85. The molecule has 2 aromatic carbocycles. The van der Waals surface area contributed by atoms with E-state index in [4.69, 9.17) is 14.6 Å². The standard InChI is InChI=1S/C24H26FNO7/c1-3-32-21(6-4-5-7-22(29)30)23(17-10-13-20(28)19(25)14-17)33-24(31)26-18-11-8-16(9-12-18)15(2)27/h5,7-14,21,23,28H,3-4,6H2,1-2H3,(H,26,31)(H,29,30)/b7-5+/t21-,23-/m1/s1. The molecule has 2 rings (SSSR count). The molecule has 0 bridgehead atoms. The second-order valence-corrected chi connectivity index (χ2v) is 7.11. The highest BCUT2D eigenvalue weighted by molar-refractivity contribution is 5.95. The Hall–Kier alpha value is -3.72. The normalized spacial score (nSPS) is 12.8. The Kier molecular flexibility index (Phi) is 9.56. The number of carboxylic acids is 1. The van der Waals surface area contributed by atoms with E-state index in [2.05, 4.69) is 5.32 Å². The van der Waals surface area contributed by atoms with Gasteiger partial charge in [0.25, 0.3) is 0 Å². The number of ketones is 1. The summed E-state index contributed by atoms with van der Waals surface area (Å²) in [5.41, 5.74) is 1.13. The highest BCUT2D eigenvalue weighted by atomic mass is 19.1. The minimum atomic E-state index is -1.09. The van der Waals surface area contributed by atoms with E-state index in [0.29, 0.717) is 17.7 Å². The number of hydrogen-bond donors (Lipinski definition) is 3. The molecule has 2 atom stereocenters. The summed E-state index contributed by atoms with van der Waals surface area (Å²) in [7, 11) is 0. The third-order valence-corrected chi connectivity index (χ3v) is 4.67. The number of Topliss-reactive ketones (excluding diaryl/α,β-unsaturated/α-hetero) is 1. The molecular formula is C24H26FNO7. The predicted molar refractivity (Wildman–Crippen MR) is 119 cm³/mol. The van der Waals surface area contributed by atoms with E-state index in [1.165, 1.54) is 19.1 Å². The minimum absolute atomic E-state index is 0.116. The number of anilines is 1. The molecule has 176 valence electrons. The van der Waals surface area contributed by atoms with Crippen molar-refractivity contribution >= 4 is 23.5 Å². The van der Waals surface area contributed by atoms with Crippen LogP contribution in [0.1, 0.15) is 48.7 Å². The molecule has 9 heteroatoms. The van der Waals surface area contributed by atoms with E-state index in [0.717, 1.165) is 18.2 Å². The molecule has 0 aliphatic heterocycles. The van der Waals surface area contributed by atoms with Gasteiger partial charge in [-0.15, -0.1) is 0 Å². The first-order valence-corrected chi connectivity index (χ1v) is 10.3. The smallest absolute Gasteiger partial charge is 0.412 e. The lowest BCUT2D eigenvalue weighted by Crippen LogP contribution is -2.29. The summed E-state index contributed by atoms with van der Waals surface area (Å²) in [6, 6.07) is 9.82. The zero-order chi connectivity index (χ0) is 24.4. The number of amides is 1. The van der Waals surface area contributed by atoms with Crippen LogP contribution in [0.3, 0.4) is 0 Å². The zero-order valence-electron chi connectivity index (χ0n) is 18.3. The minimum Gasteiger partial charge on any atom is -0.505 e. The largest absolute Gasteiger partial charge is 0.505 e. The van der Waals surface area contributed by atoms with Gasteiger partial charge in [-0.3, -0.25) is 10.1 Å². The van der Waals surface area contributed by atoms with Gasteiger partial charge >= 0.3 is 12.1 Å². The Labute approximate surface area is 190 Å². The third-order valence-electron chi connectivity index (χ3n) is 4.67.